The van der Waals surface area contributed by atoms with Crippen LogP contribution in [0, 0.1) is 0 Å². The third-order valence-electron chi connectivity index (χ3n) is 2.77. The second-order valence-corrected chi connectivity index (χ2v) is 7.05. The fourth-order valence-electron chi connectivity index (χ4n) is 1.77. The Hall–Kier alpha value is -0.590. The summed E-state index contributed by atoms with van der Waals surface area (Å²) in [6, 6.07) is 7.85. The quantitative estimate of drug-likeness (QED) is 0.572. The van der Waals surface area contributed by atoms with E-state index in [1.54, 1.807) is 6.20 Å². The monoisotopic (exact) mass is 476 g/mol. The normalized spacial score (nSPS) is 10.5. The number of hydrogen-bond donors (Lipinski definition) is 1. The minimum atomic E-state index is 0.457. The van der Waals surface area contributed by atoms with E-state index in [2.05, 4.69) is 65.0 Å². The molecule has 21 heavy (non-hydrogen) atoms. The summed E-state index contributed by atoms with van der Waals surface area (Å²) >= 11 is 10.5. The van der Waals surface area contributed by atoms with E-state index in [-0.39, 0.29) is 0 Å². The first kappa shape index (κ1) is 16.8. The van der Waals surface area contributed by atoms with Gasteiger partial charge in [0.05, 0.1) is 8.95 Å². The van der Waals surface area contributed by atoms with Crippen molar-refractivity contribution in [3.63, 3.8) is 0 Å². The molecule has 6 heteroatoms. The van der Waals surface area contributed by atoms with Crippen LogP contribution in [0.25, 0.3) is 0 Å². The van der Waals surface area contributed by atoms with E-state index in [4.69, 9.17) is 4.74 Å². The van der Waals surface area contributed by atoms with Gasteiger partial charge in [-0.1, -0.05) is 28.9 Å². The Balaban J connectivity index is 2.13. The van der Waals surface area contributed by atoms with Crippen LogP contribution in [-0.2, 0) is 6.61 Å². The molecule has 0 aliphatic carbocycles. The Morgan fingerprint density at radius 3 is 2.57 bits per heavy atom. The van der Waals surface area contributed by atoms with Crippen molar-refractivity contribution in [2.24, 2.45) is 0 Å². The Labute approximate surface area is 149 Å². The van der Waals surface area contributed by atoms with Gasteiger partial charge in [-0.2, -0.15) is 0 Å². The van der Waals surface area contributed by atoms with Crippen molar-refractivity contribution < 1.29 is 4.74 Å². The molecule has 0 bridgehead atoms. The first-order valence-corrected chi connectivity index (χ1v) is 8.94. The van der Waals surface area contributed by atoms with Gasteiger partial charge in [-0.15, -0.1) is 0 Å². The predicted octanol–water partition coefficient (Wildman–Crippen LogP) is 5.77. The number of aromatic nitrogens is 1. The van der Waals surface area contributed by atoms with Crippen molar-refractivity contribution >= 4 is 53.6 Å². The maximum atomic E-state index is 5.93. The number of ether oxygens (including phenoxy) is 1. The summed E-state index contributed by atoms with van der Waals surface area (Å²) in [5, 5.41) is 3.32. The highest BCUT2D eigenvalue weighted by molar-refractivity contribution is 9.11. The van der Waals surface area contributed by atoms with Crippen molar-refractivity contribution in [3.8, 4) is 5.75 Å². The van der Waals surface area contributed by atoms with Gasteiger partial charge in [-0.25, -0.2) is 4.98 Å². The average Bonchev–Trinajstić information content (AvgIpc) is 2.45. The minimum Gasteiger partial charge on any atom is -0.486 e. The first-order chi connectivity index (χ1) is 10.1. The lowest BCUT2D eigenvalue weighted by Gasteiger charge is -2.13. The van der Waals surface area contributed by atoms with Gasteiger partial charge >= 0.3 is 0 Å². The van der Waals surface area contributed by atoms with E-state index >= 15 is 0 Å². The van der Waals surface area contributed by atoms with Crippen LogP contribution < -0.4 is 10.1 Å². The molecule has 0 atom stereocenters. The van der Waals surface area contributed by atoms with Crippen LogP contribution in [0.5, 0.6) is 5.75 Å². The van der Waals surface area contributed by atoms with Gasteiger partial charge in [-0.3, -0.25) is 0 Å². The number of anilines is 1. The summed E-state index contributed by atoms with van der Waals surface area (Å²) in [6.45, 7) is 3.48. The molecule has 0 aliphatic rings. The number of nitrogens with one attached hydrogen (secondary N) is 1. The molecule has 0 saturated heterocycles. The van der Waals surface area contributed by atoms with Crippen LogP contribution in [-0.4, -0.2) is 11.5 Å². The molecule has 2 rings (SSSR count). The number of halogens is 3. The molecule has 0 radical (unpaired) electrons. The standard InChI is InChI=1S/C15H15Br3N2O/c1-2-5-19-15-10(4-3-6-20-15)9-21-14-12(17)7-11(16)8-13(14)18/h3-4,6-8H,2,5,9H2,1H3,(H,19,20). The Morgan fingerprint density at radius 1 is 1.19 bits per heavy atom. The summed E-state index contributed by atoms with van der Waals surface area (Å²) in [7, 11) is 0. The van der Waals surface area contributed by atoms with Crippen LogP contribution >= 0.6 is 47.8 Å². The molecule has 1 N–H and O–H groups in total. The minimum absolute atomic E-state index is 0.457. The largest absolute Gasteiger partial charge is 0.486 e. The van der Waals surface area contributed by atoms with E-state index in [0.29, 0.717) is 6.61 Å². The lowest BCUT2D eigenvalue weighted by molar-refractivity contribution is 0.302. The SMILES string of the molecule is CCCNc1ncccc1COc1c(Br)cc(Br)cc1Br. The molecule has 1 aromatic heterocycles. The fraction of sp³-hybridized carbons (Fsp3) is 0.267. The number of hydrogen-bond acceptors (Lipinski definition) is 3. The molecule has 0 spiro atoms. The van der Waals surface area contributed by atoms with Gasteiger partial charge in [0.1, 0.15) is 18.2 Å². The predicted molar refractivity (Wildman–Crippen MR) is 96.9 cm³/mol. The molecule has 0 unspecified atom stereocenters. The zero-order valence-electron chi connectivity index (χ0n) is 11.5. The molecule has 3 nitrogen and oxygen atoms in total. The van der Waals surface area contributed by atoms with E-state index in [9.17, 15) is 0 Å². The second-order valence-electron chi connectivity index (χ2n) is 4.43. The fourth-order valence-corrected chi connectivity index (χ4v) is 4.26. The zero-order chi connectivity index (χ0) is 15.2. The number of benzene rings is 1. The maximum Gasteiger partial charge on any atom is 0.148 e. The van der Waals surface area contributed by atoms with Crippen LogP contribution in [0.1, 0.15) is 18.9 Å². The van der Waals surface area contributed by atoms with Gasteiger partial charge in [0.2, 0.25) is 0 Å². The van der Waals surface area contributed by atoms with Gasteiger partial charge in [-0.05, 0) is 56.5 Å². The molecular formula is C15H15Br3N2O. The molecule has 0 saturated carbocycles. The first-order valence-electron chi connectivity index (χ1n) is 6.57. The number of nitrogens with zero attached hydrogens (tertiary/aromatic N) is 1. The Bertz CT molecular complexity index is 597. The summed E-state index contributed by atoms with van der Waals surface area (Å²) in [4.78, 5) is 4.37. The van der Waals surface area contributed by atoms with Crippen molar-refractivity contribution in [3.05, 3.63) is 49.4 Å². The van der Waals surface area contributed by atoms with Crippen LogP contribution in [0.3, 0.4) is 0 Å². The van der Waals surface area contributed by atoms with E-state index < -0.39 is 0 Å². The van der Waals surface area contributed by atoms with Gasteiger partial charge < -0.3 is 10.1 Å². The summed E-state index contributed by atoms with van der Waals surface area (Å²) in [5.41, 5.74) is 1.03. The molecule has 0 fully saturated rings. The number of rotatable bonds is 6. The molecule has 1 heterocycles. The molecule has 0 aliphatic heterocycles. The highest BCUT2D eigenvalue weighted by Gasteiger charge is 2.10. The Kier molecular flexibility index (Phi) is 6.51. The zero-order valence-corrected chi connectivity index (χ0v) is 16.3. The lowest BCUT2D eigenvalue weighted by atomic mass is 10.2. The second kappa shape index (κ2) is 8.15. The van der Waals surface area contributed by atoms with Gasteiger partial charge in [0.25, 0.3) is 0 Å². The molecule has 2 aromatic rings. The summed E-state index contributed by atoms with van der Waals surface area (Å²) < 4.78 is 8.72. The van der Waals surface area contributed by atoms with Crippen LogP contribution in [0.4, 0.5) is 5.82 Å². The third-order valence-corrected chi connectivity index (χ3v) is 4.40. The van der Waals surface area contributed by atoms with Gasteiger partial charge in [0, 0.05) is 22.8 Å². The third kappa shape index (κ3) is 4.69. The van der Waals surface area contributed by atoms with Crippen LogP contribution in [0.2, 0.25) is 0 Å². The molecular weight excluding hydrogens is 464 g/mol. The van der Waals surface area contributed by atoms with Gasteiger partial charge in [0.15, 0.2) is 0 Å². The topological polar surface area (TPSA) is 34.2 Å². The smallest absolute Gasteiger partial charge is 0.148 e. The average molecular weight is 479 g/mol. The van der Waals surface area contributed by atoms with Crippen molar-refractivity contribution in [2.75, 3.05) is 11.9 Å². The molecule has 112 valence electrons. The Morgan fingerprint density at radius 2 is 1.90 bits per heavy atom. The van der Waals surface area contributed by atoms with Crippen molar-refractivity contribution in [1.29, 1.82) is 0 Å². The van der Waals surface area contributed by atoms with E-state index in [1.807, 2.05) is 24.3 Å². The van der Waals surface area contributed by atoms with E-state index in [1.165, 1.54) is 0 Å². The summed E-state index contributed by atoms with van der Waals surface area (Å²) in [5.74, 6) is 1.66. The van der Waals surface area contributed by atoms with E-state index in [0.717, 1.165) is 43.5 Å². The maximum absolute atomic E-state index is 5.93. The lowest BCUT2D eigenvalue weighted by Crippen LogP contribution is -2.07. The molecule has 0 amide bonds. The van der Waals surface area contributed by atoms with Crippen molar-refractivity contribution in [2.45, 2.75) is 20.0 Å². The summed E-state index contributed by atoms with van der Waals surface area (Å²) in [6.07, 6.45) is 2.84. The van der Waals surface area contributed by atoms with Crippen LogP contribution in [0.15, 0.2) is 43.9 Å². The van der Waals surface area contributed by atoms with Crippen molar-refractivity contribution in [1.82, 2.24) is 4.98 Å². The number of pyridine rings is 1. The highest BCUT2D eigenvalue weighted by atomic mass is 79.9. The molecule has 1 aromatic carbocycles. The highest BCUT2D eigenvalue weighted by Crippen LogP contribution is 2.37.